The average Bonchev–Trinajstić information content (AvgIpc) is 2.60. The molecule has 0 atom stereocenters. The highest BCUT2D eigenvalue weighted by Gasteiger charge is 2.04. The number of nitrogens with zero attached hydrogens (tertiary/aromatic N) is 4. The first-order valence-electron chi connectivity index (χ1n) is 7.89. The summed E-state index contributed by atoms with van der Waals surface area (Å²) in [6.45, 7) is 6.17. The molecule has 0 amide bonds. The van der Waals surface area contributed by atoms with E-state index in [0.717, 1.165) is 23.2 Å². The van der Waals surface area contributed by atoms with Crippen LogP contribution in [0.3, 0.4) is 0 Å². The Bertz CT molecular complexity index is 830. The van der Waals surface area contributed by atoms with Gasteiger partial charge in [0.2, 0.25) is 0 Å². The molecular formula is C17H23N5O2. The fourth-order valence-corrected chi connectivity index (χ4v) is 2.37. The minimum atomic E-state index is -0.399. The lowest BCUT2D eigenvalue weighted by Gasteiger charge is -2.20. The quantitative estimate of drug-likeness (QED) is 0.642. The normalized spacial score (nSPS) is 11.0. The van der Waals surface area contributed by atoms with Crippen molar-refractivity contribution in [1.82, 2.24) is 9.13 Å². The molecule has 2 rings (SSSR count). The maximum atomic E-state index is 11.8. The topological polar surface area (TPSA) is 71.6 Å². The first kappa shape index (κ1) is 17.5. The van der Waals surface area contributed by atoms with Gasteiger partial charge in [-0.25, -0.2) is 4.79 Å². The van der Waals surface area contributed by atoms with Crippen LogP contribution in [-0.4, -0.2) is 28.4 Å². The smallest absolute Gasteiger partial charge is 0.332 e. The molecule has 0 radical (unpaired) electrons. The highest BCUT2D eigenvalue weighted by molar-refractivity contribution is 5.80. The van der Waals surface area contributed by atoms with E-state index in [1.165, 1.54) is 23.4 Å². The zero-order valence-corrected chi connectivity index (χ0v) is 14.5. The summed E-state index contributed by atoms with van der Waals surface area (Å²) in [6, 6.07) is 9.37. The fraction of sp³-hybridized carbons (Fsp3) is 0.353. The molecule has 0 aliphatic heterocycles. The van der Waals surface area contributed by atoms with Gasteiger partial charge in [0.25, 0.3) is 5.56 Å². The molecule has 7 heteroatoms. The Hall–Kier alpha value is -2.83. The summed E-state index contributed by atoms with van der Waals surface area (Å²) in [5.74, 6) is 0.346. The van der Waals surface area contributed by atoms with Gasteiger partial charge in [-0.15, -0.1) is 0 Å². The van der Waals surface area contributed by atoms with Gasteiger partial charge in [0.15, 0.2) is 0 Å². The summed E-state index contributed by atoms with van der Waals surface area (Å²) in [5.41, 5.74) is 4.05. The highest BCUT2D eigenvalue weighted by Crippen LogP contribution is 2.14. The Labute approximate surface area is 140 Å². The zero-order valence-electron chi connectivity index (χ0n) is 14.5. The van der Waals surface area contributed by atoms with Crippen molar-refractivity contribution in [3.8, 4) is 0 Å². The predicted octanol–water partition coefficient (Wildman–Crippen LogP) is 1.38. The van der Waals surface area contributed by atoms with E-state index in [2.05, 4.69) is 29.3 Å². The lowest BCUT2D eigenvalue weighted by atomic mass is 10.2. The van der Waals surface area contributed by atoms with Crippen molar-refractivity contribution in [2.75, 3.05) is 23.4 Å². The number of anilines is 2. The van der Waals surface area contributed by atoms with E-state index in [4.69, 9.17) is 0 Å². The zero-order chi connectivity index (χ0) is 17.7. The lowest BCUT2D eigenvalue weighted by Crippen LogP contribution is -2.37. The molecule has 0 aliphatic rings. The Morgan fingerprint density at radius 1 is 1.08 bits per heavy atom. The van der Waals surface area contributed by atoms with Crippen molar-refractivity contribution in [3.63, 3.8) is 0 Å². The first-order valence-corrected chi connectivity index (χ1v) is 7.89. The summed E-state index contributed by atoms with van der Waals surface area (Å²) in [7, 11) is 3.02. The molecule has 1 heterocycles. The number of benzene rings is 1. The number of hydrogen-bond acceptors (Lipinski definition) is 5. The maximum Gasteiger partial charge on any atom is 0.332 e. The molecule has 128 valence electrons. The van der Waals surface area contributed by atoms with Crippen LogP contribution in [0.4, 0.5) is 11.5 Å². The van der Waals surface area contributed by atoms with Crippen LogP contribution in [0.25, 0.3) is 0 Å². The predicted molar refractivity (Wildman–Crippen MR) is 98.1 cm³/mol. The largest absolute Gasteiger partial charge is 0.372 e. The fourth-order valence-electron chi connectivity index (χ4n) is 2.37. The Morgan fingerprint density at radius 2 is 1.71 bits per heavy atom. The summed E-state index contributed by atoms with van der Waals surface area (Å²) in [6.07, 6.45) is 1.65. The molecule has 0 aliphatic carbocycles. The van der Waals surface area contributed by atoms with E-state index >= 15 is 0 Å². The summed E-state index contributed by atoms with van der Waals surface area (Å²) < 4.78 is 2.38. The second-order valence-electron chi connectivity index (χ2n) is 5.40. The van der Waals surface area contributed by atoms with Gasteiger partial charge in [-0.1, -0.05) is 12.1 Å². The number of aromatic nitrogens is 2. The van der Waals surface area contributed by atoms with Crippen LogP contribution in [0.1, 0.15) is 19.4 Å². The summed E-state index contributed by atoms with van der Waals surface area (Å²) in [5, 5.41) is 4.10. The Balaban J connectivity index is 2.13. The Morgan fingerprint density at radius 3 is 2.29 bits per heavy atom. The van der Waals surface area contributed by atoms with Crippen molar-refractivity contribution in [3.05, 3.63) is 56.7 Å². The second-order valence-corrected chi connectivity index (χ2v) is 5.40. The van der Waals surface area contributed by atoms with E-state index in [1.54, 1.807) is 13.3 Å². The third-order valence-corrected chi connectivity index (χ3v) is 3.94. The minimum Gasteiger partial charge on any atom is -0.372 e. The van der Waals surface area contributed by atoms with Crippen LogP contribution in [0.15, 0.2) is 45.0 Å². The van der Waals surface area contributed by atoms with Gasteiger partial charge < -0.3 is 4.90 Å². The van der Waals surface area contributed by atoms with Crippen molar-refractivity contribution >= 4 is 17.7 Å². The molecule has 0 spiro atoms. The second kappa shape index (κ2) is 7.63. The van der Waals surface area contributed by atoms with Gasteiger partial charge in [-0.2, -0.15) is 5.10 Å². The van der Waals surface area contributed by atoms with Gasteiger partial charge in [0.1, 0.15) is 5.82 Å². The number of hydrogen-bond donors (Lipinski definition) is 1. The van der Waals surface area contributed by atoms with Gasteiger partial charge in [-0.3, -0.25) is 19.4 Å². The van der Waals surface area contributed by atoms with Crippen LogP contribution in [0.5, 0.6) is 0 Å². The number of rotatable bonds is 6. The van der Waals surface area contributed by atoms with Gasteiger partial charge in [0.05, 0.1) is 6.21 Å². The van der Waals surface area contributed by atoms with E-state index in [1.807, 2.05) is 24.3 Å². The van der Waals surface area contributed by atoms with Crippen molar-refractivity contribution in [2.45, 2.75) is 13.8 Å². The Kier molecular flexibility index (Phi) is 5.57. The summed E-state index contributed by atoms with van der Waals surface area (Å²) >= 11 is 0. The van der Waals surface area contributed by atoms with E-state index < -0.39 is 5.69 Å². The molecule has 0 bridgehead atoms. The van der Waals surface area contributed by atoms with Crippen LogP contribution in [0, 0.1) is 0 Å². The van der Waals surface area contributed by atoms with Gasteiger partial charge in [0, 0.05) is 38.9 Å². The van der Waals surface area contributed by atoms with Crippen LogP contribution >= 0.6 is 0 Å². The third kappa shape index (κ3) is 3.73. The van der Waals surface area contributed by atoms with Gasteiger partial charge in [-0.05, 0) is 31.5 Å². The standard InChI is InChI=1S/C17H23N5O2/c1-5-22(6-2)14-9-7-13(8-10-14)12-18-19-15-11-16(23)21(4)17(24)20(15)3/h7-12,19H,5-6H2,1-4H3/b18-12-. The lowest BCUT2D eigenvalue weighted by molar-refractivity contribution is 0.690. The SMILES string of the molecule is CCN(CC)c1ccc(/C=N\Nc2cc(=O)n(C)c(=O)n2C)cc1. The van der Waals surface area contributed by atoms with Crippen LogP contribution in [-0.2, 0) is 14.1 Å². The first-order chi connectivity index (χ1) is 11.5. The molecule has 1 N–H and O–H groups in total. The monoisotopic (exact) mass is 329 g/mol. The molecule has 7 nitrogen and oxygen atoms in total. The molecule has 1 aromatic heterocycles. The molecular weight excluding hydrogens is 306 g/mol. The molecule has 0 unspecified atom stereocenters. The molecule has 24 heavy (non-hydrogen) atoms. The van der Waals surface area contributed by atoms with E-state index in [-0.39, 0.29) is 5.56 Å². The maximum absolute atomic E-state index is 11.8. The van der Waals surface area contributed by atoms with Crippen molar-refractivity contribution < 1.29 is 0 Å². The third-order valence-electron chi connectivity index (χ3n) is 3.94. The number of hydrazone groups is 1. The van der Waals surface area contributed by atoms with E-state index in [9.17, 15) is 9.59 Å². The molecule has 2 aromatic rings. The minimum absolute atomic E-state index is 0.346. The highest BCUT2D eigenvalue weighted by atomic mass is 16.2. The van der Waals surface area contributed by atoms with Crippen LogP contribution < -0.4 is 21.6 Å². The summed E-state index contributed by atoms with van der Waals surface area (Å²) in [4.78, 5) is 25.7. The average molecular weight is 329 g/mol. The molecule has 0 saturated heterocycles. The molecule has 1 aromatic carbocycles. The van der Waals surface area contributed by atoms with E-state index in [0.29, 0.717) is 5.82 Å². The molecule has 0 saturated carbocycles. The van der Waals surface area contributed by atoms with Gasteiger partial charge >= 0.3 is 5.69 Å². The van der Waals surface area contributed by atoms with Crippen molar-refractivity contribution in [2.24, 2.45) is 19.2 Å². The number of nitrogens with one attached hydrogen (secondary N) is 1. The van der Waals surface area contributed by atoms with Crippen LogP contribution in [0.2, 0.25) is 0 Å². The van der Waals surface area contributed by atoms with Crippen molar-refractivity contribution in [1.29, 1.82) is 0 Å². The molecule has 0 fully saturated rings.